The van der Waals surface area contributed by atoms with Crippen LogP contribution in [0.4, 0.5) is 0 Å². The zero-order chi connectivity index (χ0) is 15.1. The first-order chi connectivity index (χ1) is 9.97. The topological polar surface area (TPSA) is 23.5 Å². The van der Waals surface area contributed by atoms with Crippen LogP contribution in [-0.4, -0.2) is 23.6 Å². The molecular formula is C18H20ClNO. The van der Waals surface area contributed by atoms with Gasteiger partial charge in [-0.3, -0.25) is 0 Å². The third-order valence-corrected chi connectivity index (χ3v) is 4.77. The molecule has 2 nitrogen and oxygen atoms in total. The number of phenols is 1. The number of phenolic OH excluding ortho intramolecular Hbond substituents is 1. The molecule has 2 aromatic carbocycles. The molecule has 110 valence electrons. The van der Waals surface area contributed by atoms with Crippen LogP contribution in [-0.2, 0) is 6.54 Å². The van der Waals surface area contributed by atoms with Crippen molar-refractivity contribution in [3.8, 4) is 5.75 Å². The Kier molecular flexibility index (Phi) is 3.68. The molecule has 1 N–H and O–H groups in total. The minimum absolute atomic E-state index is 0.206. The van der Waals surface area contributed by atoms with E-state index in [-0.39, 0.29) is 5.92 Å². The van der Waals surface area contributed by atoms with Crippen LogP contribution < -0.4 is 0 Å². The number of hydrogen-bond donors (Lipinski definition) is 1. The summed E-state index contributed by atoms with van der Waals surface area (Å²) in [4.78, 5) is 2.31. The predicted octanol–water partition coefficient (Wildman–Crippen LogP) is 4.24. The van der Waals surface area contributed by atoms with E-state index in [0.29, 0.717) is 5.75 Å². The average Bonchev–Trinajstić information content (AvgIpc) is 2.45. The van der Waals surface area contributed by atoms with E-state index in [0.717, 1.165) is 29.2 Å². The molecule has 0 fully saturated rings. The summed E-state index contributed by atoms with van der Waals surface area (Å²) in [5.74, 6) is 0.559. The van der Waals surface area contributed by atoms with Gasteiger partial charge in [0, 0.05) is 24.0 Å². The van der Waals surface area contributed by atoms with E-state index in [9.17, 15) is 5.11 Å². The first kappa shape index (κ1) is 14.4. The zero-order valence-electron chi connectivity index (χ0n) is 12.7. The van der Waals surface area contributed by atoms with Gasteiger partial charge in [-0.2, -0.15) is 0 Å². The normalized spacial score (nSPS) is 18.6. The molecule has 0 aromatic heterocycles. The summed E-state index contributed by atoms with van der Waals surface area (Å²) < 4.78 is 0. The number of fused-ring (bicyclic) bond motifs is 1. The van der Waals surface area contributed by atoms with Crippen molar-refractivity contribution in [3.63, 3.8) is 0 Å². The average molecular weight is 302 g/mol. The molecule has 0 bridgehead atoms. The highest BCUT2D eigenvalue weighted by Gasteiger charge is 2.28. The first-order valence-corrected chi connectivity index (χ1v) is 7.61. The molecule has 1 atom stereocenters. The Bertz CT molecular complexity index is 696. The number of hydrogen-bond acceptors (Lipinski definition) is 2. The lowest BCUT2D eigenvalue weighted by molar-refractivity contribution is 0.294. The number of benzene rings is 2. The largest absolute Gasteiger partial charge is 0.508 e. The number of halogens is 1. The third-order valence-electron chi connectivity index (χ3n) is 4.44. The maximum absolute atomic E-state index is 10.0. The van der Waals surface area contributed by atoms with Gasteiger partial charge in [0.2, 0.25) is 0 Å². The molecule has 2 aromatic rings. The molecule has 0 radical (unpaired) electrons. The fraction of sp³-hybridized carbons (Fsp3) is 0.333. The summed E-state index contributed by atoms with van der Waals surface area (Å²) in [5.41, 5.74) is 5.85. The van der Waals surface area contributed by atoms with Gasteiger partial charge in [0.05, 0.1) is 0 Å². The molecule has 0 aliphatic carbocycles. The third kappa shape index (κ3) is 2.54. The second kappa shape index (κ2) is 5.36. The van der Waals surface area contributed by atoms with Crippen molar-refractivity contribution in [2.75, 3.05) is 13.6 Å². The molecule has 1 unspecified atom stereocenters. The second-order valence-corrected chi connectivity index (χ2v) is 6.46. The highest BCUT2D eigenvalue weighted by atomic mass is 35.5. The van der Waals surface area contributed by atoms with Gasteiger partial charge in [0.1, 0.15) is 5.75 Å². The van der Waals surface area contributed by atoms with Crippen LogP contribution in [0.2, 0.25) is 5.02 Å². The molecule has 21 heavy (non-hydrogen) atoms. The molecule has 1 heterocycles. The standard InChI is InChI=1S/C18H20ClNO/c1-11-5-7-16(19)18-14(11)9-20(3)10-15(18)13-6-4-12(2)17(21)8-13/h4-8,15,21H,9-10H2,1-3H3. The van der Waals surface area contributed by atoms with Gasteiger partial charge in [-0.05, 0) is 60.8 Å². The van der Waals surface area contributed by atoms with Gasteiger partial charge < -0.3 is 10.0 Å². The van der Waals surface area contributed by atoms with Crippen molar-refractivity contribution in [2.45, 2.75) is 26.3 Å². The molecule has 1 aliphatic rings. The van der Waals surface area contributed by atoms with Crippen LogP contribution in [0.5, 0.6) is 5.75 Å². The van der Waals surface area contributed by atoms with Crippen LogP contribution in [0.3, 0.4) is 0 Å². The van der Waals surface area contributed by atoms with Crippen molar-refractivity contribution in [1.82, 2.24) is 4.90 Å². The van der Waals surface area contributed by atoms with Crippen LogP contribution in [0.15, 0.2) is 30.3 Å². The van der Waals surface area contributed by atoms with Gasteiger partial charge in [-0.1, -0.05) is 29.8 Å². The highest BCUT2D eigenvalue weighted by Crippen LogP contribution is 2.39. The van der Waals surface area contributed by atoms with Crippen LogP contribution in [0.1, 0.15) is 33.7 Å². The Balaban J connectivity index is 2.16. The Hall–Kier alpha value is -1.51. The summed E-state index contributed by atoms with van der Waals surface area (Å²) >= 11 is 6.50. The summed E-state index contributed by atoms with van der Waals surface area (Å²) in [6, 6.07) is 10.0. The van der Waals surface area contributed by atoms with E-state index in [1.54, 1.807) is 0 Å². The van der Waals surface area contributed by atoms with E-state index in [4.69, 9.17) is 11.6 Å². The van der Waals surface area contributed by atoms with E-state index < -0.39 is 0 Å². The fourth-order valence-electron chi connectivity index (χ4n) is 3.18. The van der Waals surface area contributed by atoms with E-state index in [2.05, 4.69) is 31.0 Å². The Morgan fingerprint density at radius 1 is 1.14 bits per heavy atom. The van der Waals surface area contributed by atoms with Crippen molar-refractivity contribution < 1.29 is 5.11 Å². The molecule has 1 aliphatic heterocycles. The minimum atomic E-state index is 0.206. The van der Waals surface area contributed by atoms with Crippen molar-refractivity contribution in [2.24, 2.45) is 0 Å². The molecule has 0 saturated heterocycles. The van der Waals surface area contributed by atoms with Crippen LogP contribution in [0.25, 0.3) is 0 Å². The monoisotopic (exact) mass is 301 g/mol. The fourth-order valence-corrected chi connectivity index (χ4v) is 3.49. The van der Waals surface area contributed by atoms with E-state index >= 15 is 0 Å². The summed E-state index contributed by atoms with van der Waals surface area (Å²) in [5, 5.41) is 10.8. The molecule has 0 amide bonds. The maximum Gasteiger partial charge on any atom is 0.118 e. The van der Waals surface area contributed by atoms with Crippen LogP contribution >= 0.6 is 11.6 Å². The lowest BCUT2D eigenvalue weighted by Crippen LogP contribution is -2.31. The summed E-state index contributed by atoms with van der Waals surface area (Å²) in [6.07, 6.45) is 0. The number of aryl methyl sites for hydroxylation is 2. The Morgan fingerprint density at radius 3 is 2.57 bits per heavy atom. The summed E-state index contributed by atoms with van der Waals surface area (Å²) in [6.45, 7) is 5.89. The van der Waals surface area contributed by atoms with Crippen molar-refractivity contribution in [1.29, 1.82) is 0 Å². The molecule has 0 spiro atoms. The minimum Gasteiger partial charge on any atom is -0.508 e. The van der Waals surface area contributed by atoms with Gasteiger partial charge in [0.15, 0.2) is 0 Å². The second-order valence-electron chi connectivity index (χ2n) is 6.05. The quantitative estimate of drug-likeness (QED) is 0.851. The molecule has 3 rings (SSSR count). The van der Waals surface area contributed by atoms with Gasteiger partial charge in [-0.15, -0.1) is 0 Å². The zero-order valence-corrected chi connectivity index (χ0v) is 13.4. The van der Waals surface area contributed by atoms with Crippen molar-refractivity contribution >= 4 is 11.6 Å². The van der Waals surface area contributed by atoms with E-state index in [1.807, 2.05) is 25.1 Å². The van der Waals surface area contributed by atoms with Crippen molar-refractivity contribution in [3.05, 3.63) is 63.2 Å². The van der Waals surface area contributed by atoms with E-state index in [1.165, 1.54) is 16.7 Å². The Labute approximate surface area is 131 Å². The number of aromatic hydroxyl groups is 1. The van der Waals surface area contributed by atoms with Crippen LogP contribution in [0, 0.1) is 13.8 Å². The number of likely N-dealkylation sites (N-methyl/N-ethyl adjacent to an activating group) is 1. The number of rotatable bonds is 1. The Morgan fingerprint density at radius 2 is 1.86 bits per heavy atom. The highest BCUT2D eigenvalue weighted by molar-refractivity contribution is 6.31. The van der Waals surface area contributed by atoms with Gasteiger partial charge >= 0.3 is 0 Å². The smallest absolute Gasteiger partial charge is 0.118 e. The maximum atomic E-state index is 10.0. The predicted molar refractivity (Wildman–Crippen MR) is 87.2 cm³/mol. The lowest BCUT2D eigenvalue weighted by atomic mass is 9.83. The molecule has 0 saturated carbocycles. The first-order valence-electron chi connectivity index (χ1n) is 7.23. The lowest BCUT2D eigenvalue weighted by Gasteiger charge is -2.34. The number of nitrogens with zero attached hydrogens (tertiary/aromatic N) is 1. The van der Waals surface area contributed by atoms with Gasteiger partial charge in [0.25, 0.3) is 0 Å². The molecule has 3 heteroatoms. The molecular weight excluding hydrogens is 282 g/mol. The summed E-state index contributed by atoms with van der Waals surface area (Å²) in [7, 11) is 2.13. The SMILES string of the molecule is Cc1ccc(C2CN(C)Cc3c(C)ccc(Cl)c32)cc1O. The van der Waals surface area contributed by atoms with Gasteiger partial charge in [-0.25, -0.2) is 0 Å².